The first-order chi connectivity index (χ1) is 8.75. The molecule has 0 bridgehead atoms. The number of ether oxygens (including phenoxy) is 1. The summed E-state index contributed by atoms with van der Waals surface area (Å²) in [4.78, 5) is 21.5. The van der Waals surface area contributed by atoms with Gasteiger partial charge in [-0.1, -0.05) is 0 Å². The maximum atomic E-state index is 11.3. The van der Waals surface area contributed by atoms with Gasteiger partial charge in [-0.3, -0.25) is 9.59 Å². The van der Waals surface area contributed by atoms with Crippen molar-refractivity contribution in [2.45, 2.75) is 49.5 Å². The van der Waals surface area contributed by atoms with E-state index in [1.54, 1.807) is 0 Å². The molecule has 1 saturated carbocycles. The number of aliphatic hydroxyl groups is 5. The molecule has 0 aromatic heterocycles. The third-order valence-electron chi connectivity index (χ3n) is 2.88. The van der Waals surface area contributed by atoms with E-state index in [1.165, 1.54) is 0 Å². The van der Waals surface area contributed by atoms with Crippen LogP contribution in [0.4, 0.5) is 0 Å². The van der Waals surface area contributed by atoms with E-state index in [0.717, 1.165) is 0 Å². The van der Waals surface area contributed by atoms with Crippen molar-refractivity contribution in [2.75, 3.05) is 0 Å². The molecule has 20 heavy (non-hydrogen) atoms. The SMILES string of the molecule is O=C(O)CCC(=O)O[C@@H]1[C@@H](O)[C@H](O)[C@@H](O)[C@H](O)[C@@H]1O.[MgH2]. The van der Waals surface area contributed by atoms with Gasteiger partial charge in [0, 0.05) is 0 Å². The second-order valence-electron chi connectivity index (χ2n) is 4.30. The van der Waals surface area contributed by atoms with E-state index >= 15 is 0 Å². The molecule has 1 rings (SSSR count). The number of hydrogen-bond acceptors (Lipinski definition) is 8. The van der Waals surface area contributed by atoms with E-state index in [4.69, 9.17) is 5.11 Å². The van der Waals surface area contributed by atoms with E-state index in [2.05, 4.69) is 4.74 Å². The van der Waals surface area contributed by atoms with Crippen LogP contribution in [0.1, 0.15) is 12.8 Å². The molecule has 1 aliphatic rings. The van der Waals surface area contributed by atoms with Gasteiger partial charge in [-0.25, -0.2) is 0 Å². The first kappa shape index (κ1) is 19.5. The summed E-state index contributed by atoms with van der Waals surface area (Å²) in [5.74, 6) is -2.24. The monoisotopic (exact) mass is 306 g/mol. The van der Waals surface area contributed by atoms with E-state index in [0.29, 0.717) is 0 Å². The van der Waals surface area contributed by atoms with Crippen LogP contribution in [0.5, 0.6) is 0 Å². The van der Waals surface area contributed by atoms with E-state index in [-0.39, 0.29) is 23.1 Å². The fourth-order valence-electron chi connectivity index (χ4n) is 1.76. The molecular formula is C10H18MgO9. The molecule has 0 unspecified atom stereocenters. The lowest BCUT2D eigenvalue weighted by Crippen LogP contribution is -2.64. The topological polar surface area (TPSA) is 165 Å². The lowest BCUT2D eigenvalue weighted by molar-refractivity contribution is -0.233. The zero-order valence-electron chi connectivity index (χ0n) is 9.79. The maximum Gasteiger partial charge on any atom is 0.316 e. The van der Waals surface area contributed by atoms with Crippen molar-refractivity contribution in [3.63, 3.8) is 0 Å². The fraction of sp³-hybridized carbons (Fsp3) is 0.800. The molecule has 114 valence electrons. The Hall–Kier alpha value is -0.494. The zero-order chi connectivity index (χ0) is 14.7. The molecule has 0 saturated heterocycles. The second kappa shape index (κ2) is 8.07. The van der Waals surface area contributed by atoms with Gasteiger partial charge in [-0.15, -0.1) is 0 Å². The van der Waals surface area contributed by atoms with Crippen LogP contribution in [-0.2, 0) is 14.3 Å². The highest BCUT2D eigenvalue weighted by Crippen LogP contribution is 2.24. The van der Waals surface area contributed by atoms with Gasteiger partial charge < -0.3 is 35.4 Å². The summed E-state index contributed by atoms with van der Waals surface area (Å²) in [6.07, 6.45) is -11.6. The summed E-state index contributed by atoms with van der Waals surface area (Å²) in [5.41, 5.74) is 0. The van der Waals surface area contributed by atoms with E-state index in [1.807, 2.05) is 0 Å². The van der Waals surface area contributed by atoms with Crippen molar-refractivity contribution in [2.24, 2.45) is 0 Å². The maximum absolute atomic E-state index is 11.3. The number of aliphatic carboxylic acids is 1. The molecule has 0 spiro atoms. The molecule has 0 amide bonds. The molecule has 6 N–H and O–H groups in total. The number of carbonyl (C=O) groups is 2. The number of carboxylic acid groups (broad SMARTS) is 1. The minimum absolute atomic E-state index is 0. The highest BCUT2D eigenvalue weighted by Gasteiger charge is 2.50. The van der Waals surface area contributed by atoms with Gasteiger partial charge in [0.2, 0.25) is 0 Å². The average molecular weight is 307 g/mol. The Morgan fingerprint density at radius 2 is 1.20 bits per heavy atom. The van der Waals surface area contributed by atoms with Crippen LogP contribution >= 0.6 is 0 Å². The molecule has 9 nitrogen and oxygen atoms in total. The minimum atomic E-state index is -1.80. The first-order valence-corrected chi connectivity index (χ1v) is 5.57. The van der Waals surface area contributed by atoms with Crippen LogP contribution in [0, 0.1) is 0 Å². The Bertz CT molecular complexity index is 334. The highest BCUT2D eigenvalue weighted by molar-refractivity contribution is 5.76. The van der Waals surface area contributed by atoms with Gasteiger partial charge >= 0.3 is 35.0 Å². The Morgan fingerprint density at radius 1 is 0.800 bits per heavy atom. The summed E-state index contributed by atoms with van der Waals surface area (Å²) >= 11 is 0. The quantitative estimate of drug-likeness (QED) is 0.222. The third kappa shape index (κ3) is 4.51. The van der Waals surface area contributed by atoms with Gasteiger partial charge in [-0.05, 0) is 0 Å². The number of esters is 1. The molecule has 0 aromatic carbocycles. The summed E-state index contributed by atoms with van der Waals surface area (Å²) < 4.78 is 4.62. The van der Waals surface area contributed by atoms with E-state index < -0.39 is 61.4 Å². The van der Waals surface area contributed by atoms with E-state index in [9.17, 15) is 35.1 Å². The molecule has 0 aliphatic heterocycles. The van der Waals surface area contributed by atoms with Crippen LogP contribution in [0.2, 0.25) is 0 Å². The molecule has 0 aromatic rings. The number of rotatable bonds is 4. The lowest BCUT2D eigenvalue weighted by Gasteiger charge is -2.41. The highest BCUT2D eigenvalue weighted by atomic mass is 24.3. The first-order valence-electron chi connectivity index (χ1n) is 5.57. The van der Waals surface area contributed by atoms with Crippen LogP contribution in [0.25, 0.3) is 0 Å². The van der Waals surface area contributed by atoms with Crippen molar-refractivity contribution >= 4 is 35.0 Å². The molecule has 0 heterocycles. The van der Waals surface area contributed by atoms with Gasteiger partial charge in [-0.2, -0.15) is 0 Å². The molecule has 1 aliphatic carbocycles. The normalized spacial score (nSPS) is 36.9. The van der Waals surface area contributed by atoms with Crippen LogP contribution in [0.3, 0.4) is 0 Å². The van der Waals surface area contributed by atoms with Gasteiger partial charge in [0.1, 0.15) is 30.5 Å². The third-order valence-corrected chi connectivity index (χ3v) is 2.88. The summed E-state index contributed by atoms with van der Waals surface area (Å²) in [6, 6.07) is 0. The Balaban J connectivity index is 0.00000361. The van der Waals surface area contributed by atoms with Gasteiger partial charge in [0.25, 0.3) is 0 Å². The minimum Gasteiger partial charge on any atom is -0.481 e. The largest absolute Gasteiger partial charge is 0.481 e. The predicted octanol–water partition coefficient (Wildman–Crippen LogP) is -4.34. The van der Waals surface area contributed by atoms with Crippen molar-refractivity contribution < 1.29 is 45.0 Å². The predicted molar refractivity (Wildman–Crippen MR) is 65.3 cm³/mol. The smallest absolute Gasteiger partial charge is 0.316 e. The number of hydrogen-bond donors (Lipinski definition) is 6. The standard InChI is InChI=1S/C10H16O9.Mg.2H/c11-3(12)1-2-4(13)19-10-8(17)6(15)5(14)7(16)9(10)18;;;/h5-10,14-18H,1-2H2,(H,11,12);;;/t5-,6-,7+,8-,9-,10-;;;/m0.../s1. The van der Waals surface area contributed by atoms with Crippen molar-refractivity contribution in [3.8, 4) is 0 Å². The van der Waals surface area contributed by atoms with Gasteiger partial charge in [0.15, 0.2) is 6.10 Å². The number of aliphatic hydroxyl groups excluding tert-OH is 5. The van der Waals surface area contributed by atoms with Crippen LogP contribution < -0.4 is 0 Å². The summed E-state index contributed by atoms with van der Waals surface area (Å²) in [7, 11) is 0. The zero-order valence-corrected chi connectivity index (χ0v) is 9.79. The molecule has 0 radical (unpaired) electrons. The lowest BCUT2D eigenvalue weighted by atomic mass is 9.85. The van der Waals surface area contributed by atoms with Crippen LogP contribution in [-0.4, -0.2) is 102 Å². The van der Waals surface area contributed by atoms with Crippen molar-refractivity contribution in [1.82, 2.24) is 0 Å². The molecule has 10 heteroatoms. The fourth-order valence-corrected chi connectivity index (χ4v) is 1.76. The average Bonchev–Trinajstić information content (AvgIpc) is 2.36. The summed E-state index contributed by atoms with van der Waals surface area (Å²) in [5, 5.41) is 55.5. The van der Waals surface area contributed by atoms with Gasteiger partial charge in [0.05, 0.1) is 12.8 Å². The number of carbonyl (C=O) groups excluding carboxylic acids is 1. The number of carboxylic acids is 1. The summed E-state index contributed by atoms with van der Waals surface area (Å²) in [6.45, 7) is 0. The molecular weight excluding hydrogens is 288 g/mol. The molecule has 6 atom stereocenters. The second-order valence-corrected chi connectivity index (χ2v) is 4.30. The van der Waals surface area contributed by atoms with Crippen molar-refractivity contribution in [3.05, 3.63) is 0 Å². The Labute approximate surface area is 129 Å². The van der Waals surface area contributed by atoms with Crippen molar-refractivity contribution in [1.29, 1.82) is 0 Å². The Morgan fingerprint density at radius 3 is 1.60 bits per heavy atom. The molecule has 1 fully saturated rings. The van der Waals surface area contributed by atoms with Crippen LogP contribution in [0.15, 0.2) is 0 Å². The Kier molecular flexibility index (Phi) is 7.87.